The zero-order valence-corrected chi connectivity index (χ0v) is 12.2. The van der Waals surface area contributed by atoms with E-state index in [2.05, 4.69) is 52.4 Å². The lowest BCUT2D eigenvalue weighted by molar-refractivity contribution is 0.281. The molecule has 1 nitrogen and oxygen atoms in total. The van der Waals surface area contributed by atoms with Crippen LogP contribution in [0.5, 0.6) is 0 Å². The molecule has 0 radical (unpaired) electrons. The summed E-state index contributed by atoms with van der Waals surface area (Å²) in [5.41, 5.74) is 1.36. The average Bonchev–Trinajstić information content (AvgIpc) is 2.34. The third kappa shape index (κ3) is 4.11. The Labute approximate surface area is 113 Å². The molecule has 0 aliphatic heterocycles. The van der Waals surface area contributed by atoms with Crippen LogP contribution in [-0.4, -0.2) is 6.54 Å². The largest absolute Gasteiger partial charge is 0.312 e. The minimum Gasteiger partial charge on any atom is -0.312 e. The van der Waals surface area contributed by atoms with Crippen LogP contribution in [0, 0.1) is 11.8 Å². The maximum absolute atomic E-state index is 3.60. The fourth-order valence-electron chi connectivity index (χ4n) is 2.59. The Morgan fingerprint density at radius 3 is 2.59 bits per heavy atom. The molecule has 17 heavy (non-hydrogen) atoms. The van der Waals surface area contributed by atoms with Crippen LogP contribution in [0.25, 0.3) is 0 Å². The third-order valence-electron chi connectivity index (χ3n) is 3.84. The second-order valence-corrected chi connectivity index (χ2v) is 6.20. The molecule has 0 bridgehead atoms. The van der Waals surface area contributed by atoms with E-state index in [1.165, 1.54) is 42.3 Å². The van der Waals surface area contributed by atoms with E-state index in [9.17, 15) is 0 Å². The average molecular weight is 296 g/mol. The first-order chi connectivity index (χ1) is 8.25. The Hall–Kier alpha value is -0.340. The van der Waals surface area contributed by atoms with Crippen LogP contribution in [0.3, 0.4) is 0 Å². The highest BCUT2D eigenvalue weighted by Crippen LogP contribution is 2.27. The molecule has 1 aromatic carbocycles. The molecule has 1 N–H and O–H groups in total. The van der Waals surface area contributed by atoms with Crippen molar-refractivity contribution in [2.75, 3.05) is 6.54 Å². The van der Waals surface area contributed by atoms with Crippen molar-refractivity contribution >= 4 is 15.9 Å². The van der Waals surface area contributed by atoms with Gasteiger partial charge in [-0.05, 0) is 42.9 Å². The number of nitrogens with one attached hydrogen (secondary N) is 1. The van der Waals surface area contributed by atoms with Gasteiger partial charge in [0.1, 0.15) is 0 Å². The quantitative estimate of drug-likeness (QED) is 0.870. The second kappa shape index (κ2) is 6.55. The number of halogens is 1. The zero-order valence-electron chi connectivity index (χ0n) is 10.6. The highest BCUT2D eigenvalue weighted by molar-refractivity contribution is 9.10. The van der Waals surface area contributed by atoms with Crippen LogP contribution in [0.2, 0.25) is 0 Å². The topological polar surface area (TPSA) is 12.0 Å². The van der Waals surface area contributed by atoms with Crippen LogP contribution in [0.4, 0.5) is 0 Å². The number of rotatable bonds is 4. The fraction of sp³-hybridized carbons (Fsp3) is 0.600. The van der Waals surface area contributed by atoms with E-state index < -0.39 is 0 Å². The Kier molecular flexibility index (Phi) is 5.05. The molecule has 0 spiro atoms. The second-order valence-electron chi connectivity index (χ2n) is 5.35. The summed E-state index contributed by atoms with van der Waals surface area (Å²) in [6.45, 7) is 4.53. The van der Waals surface area contributed by atoms with Gasteiger partial charge in [0.05, 0.1) is 0 Å². The molecule has 0 unspecified atom stereocenters. The van der Waals surface area contributed by atoms with Gasteiger partial charge in [0.25, 0.3) is 0 Å². The monoisotopic (exact) mass is 295 g/mol. The van der Waals surface area contributed by atoms with Crippen molar-refractivity contribution in [3.63, 3.8) is 0 Å². The van der Waals surface area contributed by atoms with Gasteiger partial charge in [0.2, 0.25) is 0 Å². The van der Waals surface area contributed by atoms with Crippen LogP contribution in [0.15, 0.2) is 28.7 Å². The molecule has 0 saturated heterocycles. The number of benzene rings is 1. The zero-order chi connectivity index (χ0) is 12.1. The highest BCUT2D eigenvalue weighted by atomic mass is 79.9. The maximum Gasteiger partial charge on any atom is 0.0220 e. The Bertz CT molecular complexity index is 343. The van der Waals surface area contributed by atoms with Crippen molar-refractivity contribution in [3.8, 4) is 0 Å². The van der Waals surface area contributed by atoms with Crippen molar-refractivity contribution in [1.82, 2.24) is 5.32 Å². The van der Waals surface area contributed by atoms with E-state index >= 15 is 0 Å². The van der Waals surface area contributed by atoms with Gasteiger partial charge in [0.15, 0.2) is 0 Å². The molecule has 2 heteroatoms. The summed E-state index contributed by atoms with van der Waals surface area (Å²) < 4.78 is 1.21. The number of hydrogen-bond donors (Lipinski definition) is 1. The molecule has 94 valence electrons. The molecule has 0 atom stereocenters. The molecule has 1 aliphatic rings. The standard InChI is InChI=1S/C15H22BrN/c1-12-6-8-13(9-7-12)10-17-11-14-4-2-3-5-15(14)16/h2-5,12-13,17H,6-11H2,1H3. The summed E-state index contributed by atoms with van der Waals surface area (Å²) in [4.78, 5) is 0. The minimum atomic E-state index is 0.897. The van der Waals surface area contributed by atoms with Crippen molar-refractivity contribution in [2.45, 2.75) is 39.2 Å². The molecule has 1 aromatic rings. The minimum absolute atomic E-state index is 0.897. The van der Waals surface area contributed by atoms with Gasteiger partial charge in [-0.25, -0.2) is 0 Å². The maximum atomic E-state index is 3.60. The summed E-state index contributed by atoms with van der Waals surface area (Å²) in [6.07, 6.45) is 5.65. The van der Waals surface area contributed by atoms with Gasteiger partial charge in [0, 0.05) is 11.0 Å². The molecule has 0 amide bonds. The predicted molar refractivity (Wildman–Crippen MR) is 77.0 cm³/mol. The molecule has 1 fully saturated rings. The van der Waals surface area contributed by atoms with Gasteiger partial charge in [-0.2, -0.15) is 0 Å². The van der Waals surface area contributed by atoms with Crippen molar-refractivity contribution in [1.29, 1.82) is 0 Å². The van der Waals surface area contributed by atoms with E-state index in [1.54, 1.807) is 0 Å². The molecular weight excluding hydrogens is 274 g/mol. The molecule has 1 aliphatic carbocycles. The van der Waals surface area contributed by atoms with E-state index in [0.717, 1.165) is 18.4 Å². The van der Waals surface area contributed by atoms with Crippen LogP contribution >= 0.6 is 15.9 Å². The smallest absolute Gasteiger partial charge is 0.0220 e. The summed E-state index contributed by atoms with van der Waals surface area (Å²) >= 11 is 3.59. The van der Waals surface area contributed by atoms with Crippen LogP contribution in [-0.2, 0) is 6.54 Å². The molecule has 0 heterocycles. The lowest BCUT2D eigenvalue weighted by Gasteiger charge is -2.26. The third-order valence-corrected chi connectivity index (χ3v) is 4.62. The molecule has 2 rings (SSSR count). The first-order valence-electron chi connectivity index (χ1n) is 6.70. The Morgan fingerprint density at radius 1 is 1.18 bits per heavy atom. The van der Waals surface area contributed by atoms with Gasteiger partial charge < -0.3 is 5.32 Å². The fourth-order valence-corrected chi connectivity index (χ4v) is 3.01. The first-order valence-corrected chi connectivity index (χ1v) is 7.49. The van der Waals surface area contributed by atoms with E-state index in [-0.39, 0.29) is 0 Å². The van der Waals surface area contributed by atoms with Crippen molar-refractivity contribution in [2.24, 2.45) is 11.8 Å². The predicted octanol–water partition coefficient (Wildman–Crippen LogP) is 4.37. The Morgan fingerprint density at radius 2 is 1.88 bits per heavy atom. The molecule has 1 saturated carbocycles. The van der Waals surface area contributed by atoms with Crippen LogP contribution in [0.1, 0.15) is 38.2 Å². The van der Waals surface area contributed by atoms with E-state index in [4.69, 9.17) is 0 Å². The van der Waals surface area contributed by atoms with Crippen molar-refractivity contribution in [3.05, 3.63) is 34.3 Å². The first kappa shape index (κ1) is 13.1. The highest BCUT2D eigenvalue weighted by Gasteiger charge is 2.17. The van der Waals surface area contributed by atoms with E-state index in [1.807, 2.05) is 0 Å². The van der Waals surface area contributed by atoms with Gasteiger partial charge in [-0.1, -0.05) is 53.9 Å². The molecular formula is C15H22BrN. The SMILES string of the molecule is CC1CCC(CNCc2ccccc2Br)CC1. The summed E-state index contributed by atoms with van der Waals surface area (Å²) in [5, 5.41) is 3.60. The van der Waals surface area contributed by atoms with Gasteiger partial charge in [-0.15, -0.1) is 0 Å². The van der Waals surface area contributed by atoms with Gasteiger partial charge >= 0.3 is 0 Å². The van der Waals surface area contributed by atoms with E-state index in [0.29, 0.717) is 0 Å². The Balaban J connectivity index is 1.71. The lowest BCUT2D eigenvalue weighted by atomic mass is 9.83. The van der Waals surface area contributed by atoms with Gasteiger partial charge in [-0.3, -0.25) is 0 Å². The van der Waals surface area contributed by atoms with Crippen molar-refractivity contribution < 1.29 is 0 Å². The number of hydrogen-bond acceptors (Lipinski definition) is 1. The van der Waals surface area contributed by atoms with Crippen LogP contribution < -0.4 is 5.32 Å². The summed E-state index contributed by atoms with van der Waals surface area (Å²) in [7, 11) is 0. The lowest BCUT2D eigenvalue weighted by Crippen LogP contribution is -2.25. The summed E-state index contributed by atoms with van der Waals surface area (Å²) in [6, 6.07) is 8.46. The normalized spacial score (nSPS) is 24.8. The molecule has 0 aromatic heterocycles. The summed E-state index contributed by atoms with van der Waals surface area (Å²) in [5.74, 6) is 1.85.